The number of pyridine rings is 1. The van der Waals surface area contributed by atoms with Crippen LogP contribution in [0.2, 0.25) is 0 Å². The first-order valence-electron chi connectivity index (χ1n) is 8.30. The van der Waals surface area contributed by atoms with Crippen LogP contribution in [-0.2, 0) is 4.74 Å². The summed E-state index contributed by atoms with van der Waals surface area (Å²) in [5.41, 5.74) is 2.82. The molecule has 6 heteroatoms. The summed E-state index contributed by atoms with van der Waals surface area (Å²) in [5.74, 6) is 1.19. The second kappa shape index (κ2) is 7.74. The molecule has 0 spiro atoms. The minimum atomic E-state index is -0.356. The van der Waals surface area contributed by atoms with Crippen molar-refractivity contribution in [2.24, 2.45) is 0 Å². The van der Waals surface area contributed by atoms with Crippen molar-refractivity contribution in [2.45, 2.75) is 20.8 Å². The molecule has 132 valence electrons. The van der Waals surface area contributed by atoms with Gasteiger partial charge in [0.15, 0.2) is 5.82 Å². The van der Waals surface area contributed by atoms with Gasteiger partial charge in [0.05, 0.1) is 12.2 Å². The van der Waals surface area contributed by atoms with Gasteiger partial charge >= 0.3 is 5.97 Å². The summed E-state index contributed by atoms with van der Waals surface area (Å²) >= 11 is 0. The van der Waals surface area contributed by atoms with Crippen molar-refractivity contribution in [3.8, 4) is 23.1 Å². The summed E-state index contributed by atoms with van der Waals surface area (Å²) in [6, 6.07) is 12.3. The van der Waals surface area contributed by atoms with Gasteiger partial charge in [-0.3, -0.25) is 4.98 Å². The maximum absolute atomic E-state index is 11.7. The van der Waals surface area contributed by atoms with Gasteiger partial charge in [0, 0.05) is 17.5 Å². The Kier molecular flexibility index (Phi) is 5.22. The second-order valence-electron chi connectivity index (χ2n) is 5.62. The molecular formula is C20H19N3O3. The van der Waals surface area contributed by atoms with Crippen LogP contribution in [0.3, 0.4) is 0 Å². The lowest BCUT2D eigenvalue weighted by Crippen LogP contribution is -2.04. The summed E-state index contributed by atoms with van der Waals surface area (Å²) in [6.45, 7) is 5.92. The van der Waals surface area contributed by atoms with E-state index in [1.54, 1.807) is 37.4 Å². The van der Waals surface area contributed by atoms with Gasteiger partial charge in [-0.15, -0.1) is 0 Å². The Labute approximate surface area is 151 Å². The normalized spacial score (nSPS) is 10.4. The van der Waals surface area contributed by atoms with E-state index in [1.807, 2.05) is 32.0 Å². The predicted octanol–water partition coefficient (Wildman–Crippen LogP) is 4.12. The fraction of sp³-hybridized carbons (Fsp3) is 0.200. The maximum Gasteiger partial charge on any atom is 0.338 e. The van der Waals surface area contributed by atoms with E-state index in [-0.39, 0.29) is 5.97 Å². The molecule has 0 fully saturated rings. The van der Waals surface area contributed by atoms with Crippen LogP contribution in [0.4, 0.5) is 0 Å². The molecule has 0 N–H and O–H groups in total. The first kappa shape index (κ1) is 17.5. The Morgan fingerprint density at radius 2 is 1.81 bits per heavy atom. The van der Waals surface area contributed by atoms with E-state index in [4.69, 9.17) is 9.47 Å². The molecule has 2 aromatic heterocycles. The van der Waals surface area contributed by atoms with Gasteiger partial charge < -0.3 is 9.47 Å². The maximum atomic E-state index is 11.7. The first-order chi connectivity index (χ1) is 12.6. The van der Waals surface area contributed by atoms with Gasteiger partial charge in [0.25, 0.3) is 0 Å². The van der Waals surface area contributed by atoms with E-state index in [0.717, 1.165) is 11.3 Å². The number of rotatable bonds is 5. The number of carbonyl (C=O) groups is 1. The summed E-state index contributed by atoms with van der Waals surface area (Å²) in [4.78, 5) is 25.0. The van der Waals surface area contributed by atoms with Gasteiger partial charge in [0.1, 0.15) is 11.4 Å². The standard InChI is InChI=1S/C20H19N3O3/c1-4-25-20(24)15-8-10-16(11-9-15)26-19-13(2)14(3)22-18(23-19)17-7-5-6-12-21-17/h5-12H,4H2,1-3H3. The Bertz CT molecular complexity index is 910. The average molecular weight is 349 g/mol. The van der Waals surface area contributed by atoms with Crippen LogP contribution in [0.25, 0.3) is 11.5 Å². The number of carbonyl (C=O) groups excluding carboxylic acids is 1. The van der Waals surface area contributed by atoms with Crippen molar-refractivity contribution in [1.82, 2.24) is 15.0 Å². The van der Waals surface area contributed by atoms with E-state index in [1.165, 1.54) is 0 Å². The highest BCUT2D eigenvalue weighted by Gasteiger charge is 2.13. The fourth-order valence-corrected chi connectivity index (χ4v) is 2.30. The van der Waals surface area contributed by atoms with E-state index < -0.39 is 0 Å². The molecule has 3 rings (SSSR count). The monoisotopic (exact) mass is 349 g/mol. The van der Waals surface area contributed by atoms with Gasteiger partial charge in [-0.1, -0.05) is 6.07 Å². The van der Waals surface area contributed by atoms with Crippen molar-refractivity contribution in [2.75, 3.05) is 6.61 Å². The molecule has 2 heterocycles. The molecule has 0 amide bonds. The zero-order valence-corrected chi connectivity index (χ0v) is 14.9. The van der Waals surface area contributed by atoms with Crippen LogP contribution in [-0.4, -0.2) is 27.5 Å². The molecule has 0 bridgehead atoms. The third-order valence-corrected chi connectivity index (χ3v) is 3.82. The predicted molar refractivity (Wildman–Crippen MR) is 97.2 cm³/mol. The summed E-state index contributed by atoms with van der Waals surface area (Å²) in [6.07, 6.45) is 1.70. The minimum Gasteiger partial charge on any atom is -0.462 e. The molecule has 0 unspecified atom stereocenters. The third-order valence-electron chi connectivity index (χ3n) is 3.82. The molecule has 0 aliphatic rings. The van der Waals surface area contributed by atoms with Crippen molar-refractivity contribution >= 4 is 5.97 Å². The number of hydrogen-bond donors (Lipinski definition) is 0. The van der Waals surface area contributed by atoms with Gasteiger partial charge in [-0.2, -0.15) is 4.98 Å². The number of aryl methyl sites for hydroxylation is 1. The molecule has 0 saturated carbocycles. The quantitative estimate of drug-likeness (QED) is 0.645. The highest BCUT2D eigenvalue weighted by Crippen LogP contribution is 2.27. The van der Waals surface area contributed by atoms with Crippen LogP contribution in [0.5, 0.6) is 11.6 Å². The van der Waals surface area contributed by atoms with Crippen molar-refractivity contribution in [3.05, 3.63) is 65.5 Å². The minimum absolute atomic E-state index is 0.340. The smallest absolute Gasteiger partial charge is 0.338 e. The molecule has 26 heavy (non-hydrogen) atoms. The highest BCUT2D eigenvalue weighted by atomic mass is 16.5. The largest absolute Gasteiger partial charge is 0.462 e. The fourth-order valence-electron chi connectivity index (χ4n) is 2.30. The number of nitrogens with zero attached hydrogens (tertiary/aromatic N) is 3. The SMILES string of the molecule is CCOC(=O)c1ccc(Oc2nc(-c3ccccn3)nc(C)c2C)cc1. The Balaban J connectivity index is 1.87. The van der Waals surface area contributed by atoms with E-state index >= 15 is 0 Å². The number of ether oxygens (including phenoxy) is 2. The zero-order valence-electron chi connectivity index (χ0n) is 14.9. The van der Waals surface area contributed by atoms with Gasteiger partial charge in [-0.05, 0) is 57.2 Å². The van der Waals surface area contributed by atoms with Gasteiger partial charge in [0.2, 0.25) is 5.88 Å². The Hall–Kier alpha value is -3.28. The van der Waals surface area contributed by atoms with Crippen LogP contribution >= 0.6 is 0 Å². The molecule has 6 nitrogen and oxygen atoms in total. The number of esters is 1. The van der Waals surface area contributed by atoms with Crippen molar-refractivity contribution < 1.29 is 14.3 Å². The van der Waals surface area contributed by atoms with E-state index in [2.05, 4.69) is 15.0 Å². The lowest BCUT2D eigenvalue weighted by Gasteiger charge is -2.11. The molecule has 0 aliphatic carbocycles. The summed E-state index contributed by atoms with van der Waals surface area (Å²) < 4.78 is 10.9. The topological polar surface area (TPSA) is 74.2 Å². The van der Waals surface area contributed by atoms with Crippen LogP contribution in [0, 0.1) is 13.8 Å². The Morgan fingerprint density at radius 3 is 2.46 bits per heavy atom. The number of aromatic nitrogens is 3. The number of benzene rings is 1. The molecular weight excluding hydrogens is 330 g/mol. The van der Waals surface area contributed by atoms with Crippen LogP contribution in [0.1, 0.15) is 28.5 Å². The molecule has 3 aromatic rings. The first-order valence-corrected chi connectivity index (χ1v) is 8.30. The molecule has 0 atom stereocenters. The van der Waals surface area contributed by atoms with Crippen molar-refractivity contribution in [1.29, 1.82) is 0 Å². The van der Waals surface area contributed by atoms with Crippen molar-refractivity contribution in [3.63, 3.8) is 0 Å². The second-order valence-corrected chi connectivity index (χ2v) is 5.62. The third kappa shape index (κ3) is 3.85. The summed E-state index contributed by atoms with van der Waals surface area (Å²) in [7, 11) is 0. The lowest BCUT2D eigenvalue weighted by molar-refractivity contribution is 0.0526. The Morgan fingerprint density at radius 1 is 1.04 bits per heavy atom. The lowest BCUT2D eigenvalue weighted by atomic mass is 10.2. The van der Waals surface area contributed by atoms with Crippen LogP contribution in [0.15, 0.2) is 48.7 Å². The van der Waals surface area contributed by atoms with Gasteiger partial charge in [-0.25, -0.2) is 9.78 Å². The highest BCUT2D eigenvalue weighted by molar-refractivity contribution is 5.89. The van der Waals surface area contributed by atoms with E-state index in [9.17, 15) is 4.79 Å². The molecule has 0 aliphatic heterocycles. The van der Waals surface area contributed by atoms with Crippen LogP contribution < -0.4 is 4.74 Å². The molecule has 0 radical (unpaired) electrons. The average Bonchev–Trinajstić information content (AvgIpc) is 2.66. The molecule has 0 saturated heterocycles. The molecule has 1 aromatic carbocycles. The number of hydrogen-bond acceptors (Lipinski definition) is 6. The van der Waals surface area contributed by atoms with E-state index in [0.29, 0.717) is 35.3 Å². The zero-order chi connectivity index (χ0) is 18.5. The summed E-state index contributed by atoms with van der Waals surface area (Å²) in [5, 5.41) is 0.